The first-order valence-electron chi connectivity index (χ1n) is 8.87. The van der Waals surface area contributed by atoms with Crippen LogP contribution in [0.3, 0.4) is 0 Å². The van der Waals surface area contributed by atoms with E-state index in [4.69, 9.17) is 0 Å². The van der Waals surface area contributed by atoms with Crippen LogP contribution >= 0.6 is 0 Å². The minimum absolute atomic E-state index is 0.0762. The van der Waals surface area contributed by atoms with Gasteiger partial charge in [-0.25, -0.2) is 0 Å². The van der Waals surface area contributed by atoms with Crippen LogP contribution in [-0.4, -0.2) is 47.3 Å². The van der Waals surface area contributed by atoms with Crippen molar-refractivity contribution in [3.05, 3.63) is 17.8 Å². The van der Waals surface area contributed by atoms with Crippen LogP contribution in [0.5, 0.6) is 0 Å². The maximum absolute atomic E-state index is 4.47. The van der Waals surface area contributed by atoms with Gasteiger partial charge in [0.15, 0.2) is 5.82 Å². The van der Waals surface area contributed by atoms with Gasteiger partial charge in [-0.2, -0.15) is 5.10 Å². The molecule has 122 valence electrons. The molecule has 0 unspecified atom stereocenters. The monoisotopic (exact) mass is 302 g/mol. The molecule has 3 rings (SSSR count). The maximum Gasteiger partial charge on any atom is 0.151 e. The van der Waals surface area contributed by atoms with Crippen LogP contribution in [0.2, 0.25) is 0 Å². The van der Waals surface area contributed by atoms with Crippen LogP contribution in [0.1, 0.15) is 58.6 Å². The van der Waals surface area contributed by atoms with E-state index in [1.54, 1.807) is 0 Å². The summed E-state index contributed by atoms with van der Waals surface area (Å²) in [5, 5.41) is 8.90. The lowest BCUT2D eigenvalue weighted by Crippen LogP contribution is -2.47. The average molecular weight is 302 g/mol. The summed E-state index contributed by atoms with van der Waals surface area (Å²) in [6.45, 7) is 11.4. The van der Waals surface area contributed by atoms with Crippen LogP contribution in [0.25, 0.3) is 0 Å². The normalized spacial score (nSPS) is 22.0. The minimum Gasteiger partial charge on any atom is -0.355 e. The molecule has 1 aromatic heterocycles. The Labute approximate surface area is 134 Å². The second-order valence-electron chi connectivity index (χ2n) is 7.84. The molecule has 0 aromatic carbocycles. The molecule has 4 nitrogen and oxygen atoms in total. The van der Waals surface area contributed by atoms with E-state index in [9.17, 15) is 0 Å². The van der Waals surface area contributed by atoms with Gasteiger partial charge in [0.05, 0.1) is 5.69 Å². The number of anilines is 1. The van der Waals surface area contributed by atoms with Gasteiger partial charge >= 0.3 is 0 Å². The second-order valence-corrected chi connectivity index (χ2v) is 7.84. The Hall–Kier alpha value is -1.16. The highest BCUT2D eigenvalue weighted by Gasteiger charge is 2.26. The Bertz CT molecular complexity index is 463. The van der Waals surface area contributed by atoms with E-state index in [1.807, 2.05) is 0 Å². The molecule has 0 N–H and O–H groups in total. The number of hydrogen-bond donors (Lipinski definition) is 0. The van der Waals surface area contributed by atoms with Crippen molar-refractivity contribution in [2.45, 2.75) is 64.3 Å². The molecular formula is C18H30N4. The molecule has 0 saturated carbocycles. The molecule has 2 aliphatic rings. The van der Waals surface area contributed by atoms with Crippen molar-refractivity contribution in [1.29, 1.82) is 0 Å². The van der Waals surface area contributed by atoms with E-state index in [1.165, 1.54) is 45.2 Å². The third kappa shape index (κ3) is 3.60. The molecule has 0 spiro atoms. The van der Waals surface area contributed by atoms with E-state index in [2.05, 4.69) is 52.9 Å². The molecule has 0 amide bonds. The van der Waals surface area contributed by atoms with Gasteiger partial charge in [-0.05, 0) is 50.9 Å². The lowest BCUT2D eigenvalue weighted by molar-refractivity contribution is 0.141. The molecule has 22 heavy (non-hydrogen) atoms. The maximum atomic E-state index is 4.47. The van der Waals surface area contributed by atoms with Gasteiger partial charge in [0.2, 0.25) is 0 Å². The summed E-state index contributed by atoms with van der Waals surface area (Å²) in [5.74, 6) is 1.05. The summed E-state index contributed by atoms with van der Waals surface area (Å²) >= 11 is 0. The van der Waals surface area contributed by atoms with E-state index in [0.29, 0.717) is 0 Å². The first kappa shape index (κ1) is 15.7. The van der Waals surface area contributed by atoms with Crippen LogP contribution in [0, 0.1) is 0 Å². The second kappa shape index (κ2) is 6.53. The van der Waals surface area contributed by atoms with Gasteiger partial charge in [0.25, 0.3) is 0 Å². The largest absolute Gasteiger partial charge is 0.355 e. The molecule has 0 radical (unpaired) electrons. The number of nitrogens with zero attached hydrogens (tertiary/aromatic N) is 4. The first-order valence-corrected chi connectivity index (χ1v) is 8.87. The van der Waals surface area contributed by atoms with E-state index in [-0.39, 0.29) is 5.41 Å². The summed E-state index contributed by atoms with van der Waals surface area (Å²) in [6.07, 6.45) is 6.73. The van der Waals surface area contributed by atoms with Crippen LogP contribution in [0.4, 0.5) is 5.82 Å². The fourth-order valence-electron chi connectivity index (χ4n) is 3.64. The highest BCUT2D eigenvalue weighted by molar-refractivity contribution is 5.38. The quantitative estimate of drug-likeness (QED) is 0.839. The van der Waals surface area contributed by atoms with Crippen molar-refractivity contribution < 1.29 is 0 Å². The number of aromatic nitrogens is 2. The average Bonchev–Trinajstić information content (AvgIpc) is 2.55. The first-order chi connectivity index (χ1) is 10.5. The summed E-state index contributed by atoms with van der Waals surface area (Å²) < 4.78 is 0. The zero-order chi connectivity index (χ0) is 15.6. The smallest absolute Gasteiger partial charge is 0.151 e. The molecule has 2 saturated heterocycles. The predicted molar refractivity (Wildman–Crippen MR) is 91.4 cm³/mol. The Morgan fingerprint density at radius 2 is 1.59 bits per heavy atom. The van der Waals surface area contributed by atoms with Crippen molar-refractivity contribution in [2.24, 2.45) is 0 Å². The van der Waals surface area contributed by atoms with Gasteiger partial charge in [-0.3, -0.25) is 0 Å². The van der Waals surface area contributed by atoms with Crippen LogP contribution in [-0.2, 0) is 5.41 Å². The van der Waals surface area contributed by atoms with Crippen molar-refractivity contribution in [2.75, 3.05) is 31.1 Å². The lowest BCUT2D eigenvalue weighted by atomic mass is 9.92. The summed E-state index contributed by atoms with van der Waals surface area (Å²) in [4.78, 5) is 5.12. The minimum atomic E-state index is 0.0762. The van der Waals surface area contributed by atoms with Crippen molar-refractivity contribution in [1.82, 2.24) is 15.1 Å². The number of likely N-dealkylation sites (tertiary alicyclic amines) is 1. The molecule has 0 atom stereocenters. The zero-order valence-corrected chi connectivity index (χ0v) is 14.4. The summed E-state index contributed by atoms with van der Waals surface area (Å²) in [5.41, 5.74) is 1.15. The van der Waals surface area contributed by atoms with Gasteiger partial charge in [-0.15, -0.1) is 5.10 Å². The topological polar surface area (TPSA) is 32.3 Å². The molecule has 0 bridgehead atoms. The van der Waals surface area contributed by atoms with Crippen LogP contribution < -0.4 is 4.90 Å². The molecule has 4 heteroatoms. The summed E-state index contributed by atoms with van der Waals surface area (Å²) in [6, 6.07) is 5.08. The zero-order valence-electron chi connectivity index (χ0n) is 14.4. The van der Waals surface area contributed by atoms with Crippen molar-refractivity contribution in [3.63, 3.8) is 0 Å². The molecular weight excluding hydrogens is 272 g/mol. The molecule has 2 aliphatic heterocycles. The van der Waals surface area contributed by atoms with Crippen molar-refractivity contribution in [3.8, 4) is 0 Å². The number of piperidine rings is 2. The molecule has 1 aromatic rings. The molecule has 2 fully saturated rings. The Morgan fingerprint density at radius 3 is 2.14 bits per heavy atom. The standard InChI is InChI=1S/C18H30N4/c1-18(2,3)16-7-8-17(20-19-16)22-13-9-15(10-14-22)21-11-5-4-6-12-21/h7-8,15H,4-6,9-14H2,1-3H3. The Kier molecular flexibility index (Phi) is 4.67. The highest BCUT2D eigenvalue weighted by atomic mass is 15.3. The van der Waals surface area contributed by atoms with E-state index >= 15 is 0 Å². The van der Waals surface area contributed by atoms with E-state index < -0.39 is 0 Å². The predicted octanol–water partition coefficient (Wildman–Crippen LogP) is 3.23. The fourth-order valence-corrected chi connectivity index (χ4v) is 3.64. The van der Waals surface area contributed by atoms with Crippen molar-refractivity contribution >= 4 is 5.82 Å². The highest BCUT2D eigenvalue weighted by Crippen LogP contribution is 2.25. The third-order valence-corrected chi connectivity index (χ3v) is 5.11. The third-order valence-electron chi connectivity index (χ3n) is 5.11. The van der Waals surface area contributed by atoms with Gasteiger partial charge in [-0.1, -0.05) is 27.2 Å². The Balaban J connectivity index is 1.57. The lowest BCUT2D eigenvalue weighted by Gasteiger charge is -2.40. The van der Waals surface area contributed by atoms with Gasteiger partial charge in [0, 0.05) is 24.5 Å². The number of rotatable bonds is 2. The number of hydrogen-bond acceptors (Lipinski definition) is 4. The fraction of sp³-hybridized carbons (Fsp3) is 0.778. The van der Waals surface area contributed by atoms with Gasteiger partial charge < -0.3 is 9.80 Å². The van der Waals surface area contributed by atoms with Crippen LogP contribution in [0.15, 0.2) is 12.1 Å². The van der Waals surface area contributed by atoms with E-state index in [0.717, 1.165) is 30.6 Å². The summed E-state index contributed by atoms with van der Waals surface area (Å²) in [7, 11) is 0. The Morgan fingerprint density at radius 1 is 0.909 bits per heavy atom. The molecule has 3 heterocycles. The SMILES string of the molecule is CC(C)(C)c1ccc(N2CCC(N3CCCCC3)CC2)nn1. The molecule has 0 aliphatic carbocycles. The van der Waals surface area contributed by atoms with Gasteiger partial charge in [0.1, 0.15) is 0 Å².